The van der Waals surface area contributed by atoms with E-state index in [4.69, 9.17) is 4.74 Å². The van der Waals surface area contributed by atoms with Crippen LogP contribution in [0.1, 0.15) is 11.8 Å². The molecule has 0 bridgehead atoms. The lowest BCUT2D eigenvalue weighted by Crippen LogP contribution is -2.38. The highest BCUT2D eigenvalue weighted by atomic mass is 79.9. The van der Waals surface area contributed by atoms with Crippen molar-refractivity contribution in [1.82, 2.24) is 10.6 Å². The molecule has 0 aromatic carbocycles. The van der Waals surface area contributed by atoms with Gasteiger partial charge in [-0.15, -0.1) is 11.3 Å². The molecule has 2 N–H and O–H groups in total. The number of nitrogens with zero attached hydrogens (tertiary/aromatic N) is 1. The highest BCUT2D eigenvalue weighted by Gasteiger charge is 1.99. The Kier molecular flexibility index (Phi) is 7.23. The summed E-state index contributed by atoms with van der Waals surface area (Å²) in [6, 6.07) is 4.12. The number of hydrogen-bond acceptors (Lipinski definition) is 3. The first-order chi connectivity index (χ1) is 8.26. The monoisotopic (exact) mass is 319 g/mol. The summed E-state index contributed by atoms with van der Waals surface area (Å²) in [7, 11) is 1.69. The van der Waals surface area contributed by atoms with Crippen molar-refractivity contribution < 1.29 is 4.74 Å². The van der Waals surface area contributed by atoms with Gasteiger partial charge in [0.05, 0.1) is 16.9 Å². The molecule has 6 heteroatoms. The Morgan fingerprint density at radius 1 is 1.47 bits per heavy atom. The van der Waals surface area contributed by atoms with E-state index in [-0.39, 0.29) is 0 Å². The molecule has 1 aromatic rings. The second kappa shape index (κ2) is 8.49. The summed E-state index contributed by atoms with van der Waals surface area (Å²) < 4.78 is 6.13. The van der Waals surface area contributed by atoms with E-state index >= 15 is 0 Å². The SMILES string of the molecule is CCNC(=NCc1ccc(Br)s1)NCCOC. The van der Waals surface area contributed by atoms with E-state index in [2.05, 4.69) is 44.5 Å². The fourth-order valence-corrected chi connectivity index (χ4v) is 2.61. The maximum atomic E-state index is 4.99. The molecule has 0 aliphatic carbocycles. The van der Waals surface area contributed by atoms with Crippen LogP contribution in [-0.2, 0) is 11.3 Å². The van der Waals surface area contributed by atoms with Gasteiger partial charge < -0.3 is 15.4 Å². The van der Waals surface area contributed by atoms with E-state index in [1.165, 1.54) is 4.88 Å². The summed E-state index contributed by atoms with van der Waals surface area (Å²) in [6.07, 6.45) is 0. The molecule has 17 heavy (non-hydrogen) atoms. The number of ether oxygens (including phenoxy) is 1. The Morgan fingerprint density at radius 3 is 2.88 bits per heavy atom. The maximum absolute atomic E-state index is 4.99. The van der Waals surface area contributed by atoms with Gasteiger partial charge in [0.15, 0.2) is 5.96 Å². The Balaban J connectivity index is 2.44. The van der Waals surface area contributed by atoms with Crippen LogP contribution in [0.2, 0.25) is 0 Å². The van der Waals surface area contributed by atoms with Crippen molar-refractivity contribution in [2.45, 2.75) is 13.5 Å². The highest BCUT2D eigenvalue weighted by molar-refractivity contribution is 9.11. The van der Waals surface area contributed by atoms with E-state index in [9.17, 15) is 0 Å². The van der Waals surface area contributed by atoms with Crippen molar-refractivity contribution in [1.29, 1.82) is 0 Å². The lowest BCUT2D eigenvalue weighted by atomic mass is 10.5. The Labute approximate surface area is 115 Å². The molecule has 0 unspecified atom stereocenters. The van der Waals surface area contributed by atoms with Gasteiger partial charge in [-0.2, -0.15) is 0 Å². The van der Waals surface area contributed by atoms with Crippen LogP contribution in [0, 0.1) is 0 Å². The van der Waals surface area contributed by atoms with Crippen molar-refractivity contribution in [2.24, 2.45) is 4.99 Å². The van der Waals surface area contributed by atoms with E-state index in [1.54, 1.807) is 18.4 Å². The number of hydrogen-bond donors (Lipinski definition) is 2. The van der Waals surface area contributed by atoms with Crippen LogP contribution in [-0.4, -0.2) is 32.8 Å². The molecule has 0 aliphatic heterocycles. The molecule has 0 saturated carbocycles. The molecule has 1 rings (SSSR count). The minimum atomic E-state index is 0.676. The number of halogens is 1. The van der Waals surface area contributed by atoms with Crippen LogP contribution in [0.15, 0.2) is 20.9 Å². The van der Waals surface area contributed by atoms with Gasteiger partial charge in [-0.1, -0.05) is 0 Å². The molecule has 1 aromatic heterocycles. The standard InChI is InChI=1S/C11H18BrN3OS/c1-3-13-11(14-6-7-16-2)15-8-9-4-5-10(12)17-9/h4-5H,3,6-8H2,1-2H3,(H2,13,14,15). The smallest absolute Gasteiger partial charge is 0.191 e. The summed E-state index contributed by atoms with van der Waals surface area (Å²) in [5, 5.41) is 6.40. The van der Waals surface area contributed by atoms with Crippen LogP contribution in [0.4, 0.5) is 0 Å². The summed E-state index contributed by atoms with van der Waals surface area (Å²) in [4.78, 5) is 5.73. The highest BCUT2D eigenvalue weighted by Crippen LogP contribution is 2.22. The van der Waals surface area contributed by atoms with Crippen molar-refractivity contribution in [2.75, 3.05) is 26.8 Å². The molecule has 0 fully saturated rings. The van der Waals surface area contributed by atoms with E-state index in [0.29, 0.717) is 13.2 Å². The van der Waals surface area contributed by atoms with Crippen LogP contribution in [0.5, 0.6) is 0 Å². The van der Waals surface area contributed by atoms with Gasteiger partial charge in [0.25, 0.3) is 0 Å². The molecular formula is C11H18BrN3OS. The fraction of sp³-hybridized carbons (Fsp3) is 0.545. The zero-order valence-electron chi connectivity index (χ0n) is 10.1. The van der Waals surface area contributed by atoms with Gasteiger partial charge in [0.1, 0.15) is 0 Å². The fourth-order valence-electron chi connectivity index (χ4n) is 1.21. The lowest BCUT2D eigenvalue weighted by Gasteiger charge is -2.10. The molecule has 0 saturated heterocycles. The van der Waals surface area contributed by atoms with Crippen molar-refractivity contribution in [3.05, 3.63) is 20.8 Å². The summed E-state index contributed by atoms with van der Waals surface area (Å²) in [5.74, 6) is 0.828. The first-order valence-corrected chi connectivity index (χ1v) is 7.12. The third-order valence-corrected chi connectivity index (χ3v) is 3.57. The zero-order chi connectivity index (χ0) is 12.5. The summed E-state index contributed by atoms with van der Waals surface area (Å²) in [6.45, 7) is 5.03. The number of nitrogens with one attached hydrogen (secondary N) is 2. The average Bonchev–Trinajstić information content (AvgIpc) is 2.72. The van der Waals surface area contributed by atoms with Gasteiger partial charge in [0, 0.05) is 25.1 Å². The van der Waals surface area contributed by atoms with Gasteiger partial charge in [-0.3, -0.25) is 0 Å². The zero-order valence-corrected chi connectivity index (χ0v) is 12.5. The predicted octanol–water partition coefficient (Wildman–Crippen LogP) is 2.21. The second-order valence-electron chi connectivity index (χ2n) is 3.32. The molecule has 4 nitrogen and oxygen atoms in total. The number of guanidine groups is 1. The number of thiophene rings is 1. The molecule has 0 aliphatic rings. The van der Waals surface area contributed by atoms with Crippen molar-refractivity contribution >= 4 is 33.2 Å². The molecule has 0 amide bonds. The second-order valence-corrected chi connectivity index (χ2v) is 5.87. The average molecular weight is 320 g/mol. The molecule has 0 spiro atoms. The summed E-state index contributed by atoms with van der Waals surface area (Å²) in [5.41, 5.74) is 0. The number of rotatable bonds is 6. The van der Waals surface area contributed by atoms with E-state index < -0.39 is 0 Å². The van der Waals surface area contributed by atoms with Crippen LogP contribution in [0.25, 0.3) is 0 Å². The Hall–Kier alpha value is -0.590. The summed E-state index contributed by atoms with van der Waals surface area (Å²) >= 11 is 5.15. The molecule has 0 atom stereocenters. The van der Waals surface area contributed by atoms with Crippen LogP contribution >= 0.6 is 27.3 Å². The molecule has 1 heterocycles. The first kappa shape index (κ1) is 14.5. The largest absolute Gasteiger partial charge is 0.383 e. The molecule has 0 radical (unpaired) electrons. The third kappa shape index (κ3) is 6.05. The van der Waals surface area contributed by atoms with Gasteiger partial charge >= 0.3 is 0 Å². The Bertz CT molecular complexity index is 354. The lowest BCUT2D eigenvalue weighted by molar-refractivity contribution is 0.203. The number of methoxy groups -OCH3 is 1. The molecule has 96 valence electrons. The normalized spacial score (nSPS) is 11.6. The quantitative estimate of drug-likeness (QED) is 0.480. The van der Waals surface area contributed by atoms with Crippen LogP contribution in [0.3, 0.4) is 0 Å². The van der Waals surface area contributed by atoms with Gasteiger partial charge in [-0.05, 0) is 35.0 Å². The van der Waals surface area contributed by atoms with Gasteiger partial charge in [-0.25, -0.2) is 4.99 Å². The van der Waals surface area contributed by atoms with Crippen molar-refractivity contribution in [3.8, 4) is 0 Å². The van der Waals surface area contributed by atoms with E-state index in [1.807, 2.05) is 6.07 Å². The minimum absolute atomic E-state index is 0.676. The Morgan fingerprint density at radius 2 is 2.29 bits per heavy atom. The number of aliphatic imine (C=N–C) groups is 1. The molecular weight excluding hydrogens is 302 g/mol. The topological polar surface area (TPSA) is 45.7 Å². The minimum Gasteiger partial charge on any atom is -0.383 e. The third-order valence-electron chi connectivity index (χ3n) is 1.96. The van der Waals surface area contributed by atoms with Crippen molar-refractivity contribution in [3.63, 3.8) is 0 Å². The van der Waals surface area contributed by atoms with Gasteiger partial charge in [0.2, 0.25) is 0 Å². The van der Waals surface area contributed by atoms with Crippen LogP contribution < -0.4 is 10.6 Å². The predicted molar refractivity (Wildman–Crippen MR) is 76.7 cm³/mol. The first-order valence-electron chi connectivity index (χ1n) is 5.51. The van der Waals surface area contributed by atoms with E-state index in [0.717, 1.165) is 22.8 Å². The maximum Gasteiger partial charge on any atom is 0.191 e.